The lowest BCUT2D eigenvalue weighted by Crippen LogP contribution is -2.36. The summed E-state index contributed by atoms with van der Waals surface area (Å²) in [6.45, 7) is 1.53. The number of aromatic nitrogens is 1. The quantitative estimate of drug-likeness (QED) is 0.467. The van der Waals surface area contributed by atoms with Gasteiger partial charge in [-0.1, -0.05) is 6.07 Å². The number of rotatable bonds is 7. The molecule has 0 spiro atoms. The zero-order valence-electron chi connectivity index (χ0n) is 14.3. The first kappa shape index (κ1) is 18.3. The van der Waals surface area contributed by atoms with Crippen LogP contribution in [-0.2, 0) is 6.54 Å². The van der Waals surface area contributed by atoms with E-state index in [2.05, 4.69) is 4.98 Å². The van der Waals surface area contributed by atoms with Crippen LogP contribution in [0.15, 0.2) is 42.7 Å². The molecule has 0 atom stereocenters. The summed E-state index contributed by atoms with van der Waals surface area (Å²) in [5.74, 6) is -0.284. The molecule has 0 saturated heterocycles. The van der Waals surface area contributed by atoms with Crippen molar-refractivity contribution in [1.29, 1.82) is 0 Å². The lowest BCUT2D eigenvalue weighted by Gasteiger charge is -2.24. The molecule has 25 heavy (non-hydrogen) atoms. The van der Waals surface area contributed by atoms with Crippen molar-refractivity contribution < 1.29 is 9.72 Å². The topological polar surface area (TPSA) is 106 Å². The molecule has 1 aromatic heterocycles. The molecular formula is C17H21N5O3. The molecule has 0 fully saturated rings. The largest absolute Gasteiger partial charge is 0.393 e. The fourth-order valence-corrected chi connectivity index (χ4v) is 2.30. The highest BCUT2D eigenvalue weighted by Crippen LogP contribution is 2.23. The Morgan fingerprint density at radius 2 is 2.04 bits per heavy atom. The number of likely N-dealkylation sites (N-methyl/N-ethyl adjacent to an activating group) is 1. The Hall–Kier alpha value is -3.00. The van der Waals surface area contributed by atoms with Gasteiger partial charge in [0.05, 0.1) is 4.92 Å². The summed E-state index contributed by atoms with van der Waals surface area (Å²) >= 11 is 0. The molecule has 8 nitrogen and oxygen atoms in total. The van der Waals surface area contributed by atoms with Gasteiger partial charge in [0.2, 0.25) is 0 Å². The molecule has 0 aliphatic rings. The fraction of sp³-hybridized carbons (Fsp3) is 0.294. The summed E-state index contributed by atoms with van der Waals surface area (Å²) in [5, 5.41) is 11.1. The number of nitrogens with zero attached hydrogens (tertiary/aromatic N) is 4. The molecule has 2 N–H and O–H groups in total. The standard InChI is InChI=1S/C17H21N5O3/c1-20(2)8-9-21(12-13-4-3-7-19-11-13)17(23)14-5-6-15(18)16(10-14)22(24)25/h3-7,10-11H,8-9,12,18H2,1-2H3. The second-order valence-electron chi connectivity index (χ2n) is 5.92. The molecule has 0 bridgehead atoms. The number of carbonyl (C=O) groups is 1. The van der Waals surface area contributed by atoms with Crippen LogP contribution < -0.4 is 5.73 Å². The van der Waals surface area contributed by atoms with Crippen molar-refractivity contribution >= 4 is 17.3 Å². The van der Waals surface area contributed by atoms with Crippen LogP contribution in [0.5, 0.6) is 0 Å². The number of pyridine rings is 1. The van der Waals surface area contributed by atoms with E-state index >= 15 is 0 Å². The predicted molar refractivity (Wildman–Crippen MR) is 95.0 cm³/mol. The van der Waals surface area contributed by atoms with E-state index in [1.54, 1.807) is 23.4 Å². The van der Waals surface area contributed by atoms with E-state index in [0.717, 1.165) is 5.56 Å². The number of nitro benzene ring substituents is 1. The Morgan fingerprint density at radius 1 is 1.28 bits per heavy atom. The van der Waals surface area contributed by atoms with Crippen molar-refractivity contribution in [2.24, 2.45) is 0 Å². The predicted octanol–water partition coefficient (Wildman–Crippen LogP) is 1.78. The molecule has 8 heteroatoms. The van der Waals surface area contributed by atoms with Crippen LogP contribution in [0.1, 0.15) is 15.9 Å². The van der Waals surface area contributed by atoms with Crippen LogP contribution in [0.2, 0.25) is 0 Å². The van der Waals surface area contributed by atoms with Gasteiger partial charge in [0.15, 0.2) is 0 Å². The Labute approximate surface area is 146 Å². The molecule has 2 rings (SSSR count). The third-order valence-corrected chi connectivity index (χ3v) is 3.67. The Kier molecular flexibility index (Phi) is 6.02. The average Bonchev–Trinajstić information content (AvgIpc) is 2.59. The highest BCUT2D eigenvalue weighted by molar-refractivity contribution is 5.95. The minimum Gasteiger partial charge on any atom is -0.393 e. The maximum absolute atomic E-state index is 12.9. The Morgan fingerprint density at radius 3 is 2.64 bits per heavy atom. The number of anilines is 1. The van der Waals surface area contributed by atoms with Gasteiger partial charge < -0.3 is 15.5 Å². The van der Waals surface area contributed by atoms with Gasteiger partial charge in [-0.3, -0.25) is 19.9 Å². The first-order valence-corrected chi connectivity index (χ1v) is 7.75. The summed E-state index contributed by atoms with van der Waals surface area (Å²) in [6.07, 6.45) is 3.36. The number of amides is 1. The lowest BCUT2D eigenvalue weighted by atomic mass is 10.1. The molecule has 1 amide bonds. The fourth-order valence-electron chi connectivity index (χ4n) is 2.30. The van der Waals surface area contributed by atoms with Crippen LogP contribution >= 0.6 is 0 Å². The number of nitrogens with two attached hydrogens (primary N) is 1. The van der Waals surface area contributed by atoms with Crippen LogP contribution in [0.3, 0.4) is 0 Å². The molecule has 2 aromatic rings. The number of hydrogen-bond acceptors (Lipinski definition) is 6. The summed E-state index contributed by atoms with van der Waals surface area (Å²) in [7, 11) is 3.83. The summed E-state index contributed by atoms with van der Waals surface area (Å²) in [4.78, 5) is 31.0. The molecule has 0 radical (unpaired) electrons. The zero-order valence-corrected chi connectivity index (χ0v) is 14.3. The molecule has 0 aliphatic heterocycles. The maximum Gasteiger partial charge on any atom is 0.292 e. The minimum atomic E-state index is -0.586. The number of nitro groups is 1. The monoisotopic (exact) mass is 343 g/mol. The number of benzene rings is 1. The van der Waals surface area contributed by atoms with E-state index in [9.17, 15) is 14.9 Å². The van der Waals surface area contributed by atoms with Crippen molar-refractivity contribution in [2.75, 3.05) is 32.9 Å². The van der Waals surface area contributed by atoms with Gasteiger partial charge in [-0.15, -0.1) is 0 Å². The summed E-state index contributed by atoms with van der Waals surface area (Å²) in [5.41, 5.74) is 6.51. The number of hydrogen-bond donors (Lipinski definition) is 1. The molecule has 0 aliphatic carbocycles. The van der Waals surface area contributed by atoms with E-state index in [1.807, 2.05) is 25.1 Å². The molecule has 132 valence electrons. The Bertz CT molecular complexity index is 749. The van der Waals surface area contributed by atoms with Gasteiger partial charge in [0.1, 0.15) is 5.69 Å². The SMILES string of the molecule is CN(C)CCN(Cc1cccnc1)C(=O)c1ccc(N)c([N+](=O)[O-])c1. The summed E-state index contributed by atoms with van der Waals surface area (Å²) in [6, 6.07) is 7.81. The first-order chi connectivity index (χ1) is 11.9. The van der Waals surface area contributed by atoms with Crippen molar-refractivity contribution in [3.8, 4) is 0 Å². The molecule has 1 aromatic carbocycles. The van der Waals surface area contributed by atoms with Crippen molar-refractivity contribution in [3.05, 3.63) is 64.0 Å². The van der Waals surface area contributed by atoms with E-state index in [4.69, 9.17) is 5.73 Å². The average molecular weight is 343 g/mol. The third kappa shape index (κ3) is 4.98. The maximum atomic E-state index is 12.9. The highest BCUT2D eigenvalue weighted by atomic mass is 16.6. The van der Waals surface area contributed by atoms with Gasteiger partial charge in [0.25, 0.3) is 11.6 Å². The Balaban J connectivity index is 2.27. The second-order valence-corrected chi connectivity index (χ2v) is 5.92. The van der Waals surface area contributed by atoms with Crippen molar-refractivity contribution in [2.45, 2.75) is 6.54 Å². The summed E-state index contributed by atoms with van der Waals surface area (Å²) < 4.78 is 0. The van der Waals surface area contributed by atoms with Gasteiger partial charge in [-0.05, 0) is 37.9 Å². The molecule has 1 heterocycles. The number of nitrogen functional groups attached to an aromatic ring is 1. The van der Waals surface area contributed by atoms with Crippen LogP contribution in [0.4, 0.5) is 11.4 Å². The number of carbonyl (C=O) groups excluding carboxylic acids is 1. The van der Waals surface area contributed by atoms with Crippen molar-refractivity contribution in [1.82, 2.24) is 14.8 Å². The van der Waals surface area contributed by atoms with E-state index < -0.39 is 4.92 Å². The second kappa shape index (κ2) is 8.20. The first-order valence-electron chi connectivity index (χ1n) is 7.75. The molecule has 0 saturated carbocycles. The lowest BCUT2D eigenvalue weighted by molar-refractivity contribution is -0.383. The smallest absolute Gasteiger partial charge is 0.292 e. The van der Waals surface area contributed by atoms with E-state index in [1.165, 1.54) is 18.2 Å². The van der Waals surface area contributed by atoms with Crippen LogP contribution in [0.25, 0.3) is 0 Å². The van der Waals surface area contributed by atoms with Gasteiger partial charge >= 0.3 is 0 Å². The third-order valence-electron chi connectivity index (χ3n) is 3.67. The minimum absolute atomic E-state index is 0.0358. The van der Waals surface area contributed by atoms with Crippen LogP contribution in [-0.4, -0.2) is 52.8 Å². The van der Waals surface area contributed by atoms with E-state index in [-0.39, 0.29) is 22.8 Å². The molecular weight excluding hydrogens is 322 g/mol. The van der Waals surface area contributed by atoms with Gasteiger partial charge in [-0.25, -0.2) is 0 Å². The highest BCUT2D eigenvalue weighted by Gasteiger charge is 2.20. The van der Waals surface area contributed by atoms with Gasteiger partial charge in [-0.2, -0.15) is 0 Å². The van der Waals surface area contributed by atoms with Crippen molar-refractivity contribution in [3.63, 3.8) is 0 Å². The van der Waals surface area contributed by atoms with E-state index in [0.29, 0.717) is 19.6 Å². The molecule has 0 unspecified atom stereocenters. The van der Waals surface area contributed by atoms with Gasteiger partial charge in [0, 0.05) is 43.7 Å². The van der Waals surface area contributed by atoms with Crippen LogP contribution in [0, 0.1) is 10.1 Å². The zero-order chi connectivity index (χ0) is 18.4. The normalized spacial score (nSPS) is 10.7.